The second-order valence-electron chi connectivity index (χ2n) is 6.94. The third-order valence-corrected chi connectivity index (χ3v) is 5.12. The highest BCUT2D eigenvalue weighted by Gasteiger charge is 2.44. The van der Waals surface area contributed by atoms with Crippen molar-refractivity contribution in [2.75, 3.05) is 13.2 Å². The van der Waals surface area contributed by atoms with Gasteiger partial charge in [0.15, 0.2) is 5.82 Å². The number of aromatic nitrogens is 4. The summed E-state index contributed by atoms with van der Waals surface area (Å²) in [4.78, 5) is 19.1. The van der Waals surface area contributed by atoms with Gasteiger partial charge in [-0.3, -0.25) is 14.4 Å². The van der Waals surface area contributed by atoms with E-state index in [1.54, 1.807) is 17.0 Å². The van der Waals surface area contributed by atoms with Gasteiger partial charge in [-0.15, -0.1) is 0 Å². The fraction of sp³-hybridized carbons (Fsp3) is 0.588. The van der Waals surface area contributed by atoms with Crippen molar-refractivity contribution < 1.29 is 9.53 Å². The van der Waals surface area contributed by atoms with Crippen LogP contribution < -0.4 is 5.32 Å². The molecule has 0 aliphatic carbocycles. The van der Waals surface area contributed by atoms with Gasteiger partial charge < -0.3 is 14.6 Å². The molecule has 25 heavy (non-hydrogen) atoms. The SMILES string of the molecule is Cn1cc(CN2C[C@@H](NC(=O)c3nccn3C)[C@H]3OCCC[C@H]32)cn1. The number of hydrogen-bond donors (Lipinski definition) is 1. The second-order valence-corrected chi connectivity index (χ2v) is 6.94. The number of rotatable bonds is 4. The van der Waals surface area contributed by atoms with Crippen LogP contribution in [0.5, 0.6) is 0 Å². The zero-order chi connectivity index (χ0) is 17.4. The molecular formula is C17H24N6O2. The highest BCUT2D eigenvalue weighted by Crippen LogP contribution is 2.30. The quantitative estimate of drug-likeness (QED) is 0.864. The molecule has 134 valence electrons. The van der Waals surface area contributed by atoms with Crippen molar-refractivity contribution in [3.05, 3.63) is 36.2 Å². The average molecular weight is 344 g/mol. The maximum atomic E-state index is 12.5. The van der Waals surface area contributed by atoms with E-state index in [0.29, 0.717) is 11.9 Å². The van der Waals surface area contributed by atoms with E-state index in [-0.39, 0.29) is 18.1 Å². The Hall–Kier alpha value is -2.19. The van der Waals surface area contributed by atoms with E-state index < -0.39 is 0 Å². The van der Waals surface area contributed by atoms with Crippen LogP contribution in [0.25, 0.3) is 0 Å². The minimum absolute atomic E-state index is 0.0221. The summed E-state index contributed by atoms with van der Waals surface area (Å²) in [5, 5.41) is 7.38. The topological polar surface area (TPSA) is 77.2 Å². The molecular weight excluding hydrogens is 320 g/mol. The predicted molar refractivity (Wildman–Crippen MR) is 90.8 cm³/mol. The van der Waals surface area contributed by atoms with E-state index >= 15 is 0 Å². The smallest absolute Gasteiger partial charge is 0.287 e. The summed E-state index contributed by atoms with van der Waals surface area (Å²) in [6, 6.07) is 0.312. The lowest BCUT2D eigenvalue weighted by Crippen LogP contribution is -2.48. The normalized spacial score (nSPS) is 26.6. The van der Waals surface area contributed by atoms with Crippen molar-refractivity contribution >= 4 is 5.91 Å². The fourth-order valence-corrected chi connectivity index (χ4v) is 3.97. The number of likely N-dealkylation sites (tertiary alicyclic amines) is 1. The Kier molecular flexibility index (Phi) is 4.30. The second kappa shape index (κ2) is 6.61. The summed E-state index contributed by atoms with van der Waals surface area (Å²) in [6.07, 6.45) is 9.55. The molecule has 1 amide bonds. The molecule has 0 radical (unpaired) electrons. The standard InChI is InChI=1S/C17H24N6O2/c1-21-6-5-18-16(21)17(24)20-13-11-23(10-12-8-19-22(2)9-12)14-4-3-7-25-15(13)14/h5-6,8-9,13-15H,3-4,7,10-11H2,1-2H3,(H,20,24)/t13-,14-,15-/m1/s1. The number of ether oxygens (including phenoxy) is 1. The van der Waals surface area contributed by atoms with Gasteiger partial charge in [-0.05, 0) is 12.8 Å². The Balaban J connectivity index is 1.48. The highest BCUT2D eigenvalue weighted by molar-refractivity contribution is 5.91. The summed E-state index contributed by atoms with van der Waals surface area (Å²) in [5.74, 6) is 0.284. The van der Waals surface area contributed by atoms with Crippen molar-refractivity contribution in [1.82, 2.24) is 29.5 Å². The zero-order valence-electron chi connectivity index (χ0n) is 14.6. The van der Waals surface area contributed by atoms with E-state index in [1.165, 1.54) is 5.56 Å². The summed E-state index contributed by atoms with van der Waals surface area (Å²) in [7, 11) is 3.75. The Morgan fingerprint density at radius 3 is 3.04 bits per heavy atom. The number of carbonyl (C=O) groups excluding carboxylic acids is 1. The van der Waals surface area contributed by atoms with Crippen LogP contribution in [-0.2, 0) is 25.4 Å². The van der Waals surface area contributed by atoms with Crippen LogP contribution in [-0.4, -0.2) is 61.5 Å². The Morgan fingerprint density at radius 2 is 2.32 bits per heavy atom. The molecule has 2 aliphatic rings. The molecule has 8 nitrogen and oxygen atoms in total. The fourth-order valence-electron chi connectivity index (χ4n) is 3.97. The monoisotopic (exact) mass is 344 g/mol. The van der Waals surface area contributed by atoms with Crippen LogP contribution >= 0.6 is 0 Å². The van der Waals surface area contributed by atoms with Crippen molar-refractivity contribution in [3.8, 4) is 0 Å². The minimum atomic E-state index is -0.145. The highest BCUT2D eigenvalue weighted by atomic mass is 16.5. The largest absolute Gasteiger partial charge is 0.374 e. The molecule has 4 rings (SSSR count). The summed E-state index contributed by atoms with van der Waals surface area (Å²) < 4.78 is 9.58. The van der Waals surface area contributed by atoms with Crippen molar-refractivity contribution in [2.24, 2.45) is 14.1 Å². The van der Waals surface area contributed by atoms with Gasteiger partial charge in [0.05, 0.1) is 18.3 Å². The number of carbonyl (C=O) groups is 1. The molecule has 0 spiro atoms. The Bertz CT molecular complexity index is 754. The average Bonchev–Trinajstić information content (AvgIpc) is 3.29. The van der Waals surface area contributed by atoms with Gasteiger partial charge in [-0.25, -0.2) is 4.98 Å². The number of fused-ring (bicyclic) bond motifs is 1. The number of nitrogens with one attached hydrogen (secondary N) is 1. The van der Waals surface area contributed by atoms with Crippen LogP contribution in [0.3, 0.4) is 0 Å². The predicted octanol–water partition coefficient (Wildman–Crippen LogP) is 0.315. The molecule has 2 fully saturated rings. The van der Waals surface area contributed by atoms with E-state index in [2.05, 4.69) is 20.3 Å². The van der Waals surface area contributed by atoms with Crippen molar-refractivity contribution in [1.29, 1.82) is 0 Å². The van der Waals surface area contributed by atoms with E-state index in [0.717, 1.165) is 32.5 Å². The lowest BCUT2D eigenvalue weighted by molar-refractivity contribution is -0.0211. The third-order valence-electron chi connectivity index (χ3n) is 5.12. The number of imidazole rings is 1. The number of amides is 1. The van der Waals surface area contributed by atoms with E-state index in [4.69, 9.17) is 4.74 Å². The molecule has 4 heterocycles. The molecule has 0 saturated carbocycles. The number of hydrogen-bond acceptors (Lipinski definition) is 5. The molecule has 2 saturated heterocycles. The molecule has 0 aromatic carbocycles. The van der Waals surface area contributed by atoms with E-state index in [1.807, 2.05) is 31.2 Å². The first-order valence-electron chi connectivity index (χ1n) is 8.73. The number of nitrogens with zero attached hydrogens (tertiary/aromatic N) is 5. The van der Waals surface area contributed by atoms with Gasteiger partial charge >= 0.3 is 0 Å². The molecule has 2 aromatic heterocycles. The van der Waals surface area contributed by atoms with Gasteiger partial charge in [0.25, 0.3) is 5.91 Å². The summed E-state index contributed by atoms with van der Waals surface area (Å²) in [6.45, 7) is 2.37. The van der Waals surface area contributed by atoms with Crippen LogP contribution in [0.2, 0.25) is 0 Å². The molecule has 8 heteroatoms. The first-order valence-corrected chi connectivity index (χ1v) is 8.73. The van der Waals surface area contributed by atoms with Gasteiger partial charge in [-0.2, -0.15) is 5.10 Å². The van der Waals surface area contributed by atoms with Gasteiger partial charge in [0, 0.05) is 64.0 Å². The molecule has 0 bridgehead atoms. The Morgan fingerprint density at radius 1 is 1.44 bits per heavy atom. The van der Waals surface area contributed by atoms with Crippen LogP contribution in [0, 0.1) is 0 Å². The van der Waals surface area contributed by atoms with Crippen LogP contribution in [0.15, 0.2) is 24.8 Å². The molecule has 0 unspecified atom stereocenters. The van der Waals surface area contributed by atoms with E-state index in [9.17, 15) is 4.79 Å². The molecule has 3 atom stereocenters. The maximum Gasteiger partial charge on any atom is 0.287 e. The lowest BCUT2D eigenvalue weighted by Gasteiger charge is -2.32. The minimum Gasteiger partial charge on any atom is -0.374 e. The number of aryl methyl sites for hydroxylation is 2. The summed E-state index contributed by atoms with van der Waals surface area (Å²) in [5.41, 5.74) is 1.18. The maximum absolute atomic E-state index is 12.5. The molecule has 2 aliphatic heterocycles. The van der Waals surface area contributed by atoms with Gasteiger partial charge in [0.1, 0.15) is 0 Å². The first-order chi connectivity index (χ1) is 12.1. The van der Waals surface area contributed by atoms with Gasteiger partial charge in [-0.1, -0.05) is 0 Å². The van der Waals surface area contributed by atoms with Gasteiger partial charge in [0.2, 0.25) is 0 Å². The van der Waals surface area contributed by atoms with Crippen LogP contribution in [0.1, 0.15) is 29.0 Å². The zero-order valence-corrected chi connectivity index (χ0v) is 14.6. The summed E-state index contributed by atoms with van der Waals surface area (Å²) >= 11 is 0. The molecule has 1 N–H and O–H groups in total. The van der Waals surface area contributed by atoms with Crippen molar-refractivity contribution in [3.63, 3.8) is 0 Å². The lowest BCUT2D eigenvalue weighted by atomic mass is 10.0. The Labute approximate surface area is 146 Å². The first kappa shape index (κ1) is 16.3. The molecule has 2 aromatic rings. The van der Waals surface area contributed by atoms with Crippen LogP contribution in [0.4, 0.5) is 0 Å². The third kappa shape index (κ3) is 3.19. The van der Waals surface area contributed by atoms with Crippen molar-refractivity contribution in [2.45, 2.75) is 37.6 Å².